The highest BCUT2D eigenvalue weighted by molar-refractivity contribution is 7.45. The first-order valence-electron chi connectivity index (χ1n) is 22.0. The highest BCUT2D eigenvalue weighted by Crippen LogP contribution is 2.38. The second kappa shape index (κ2) is 37.1. The van der Waals surface area contributed by atoms with Gasteiger partial charge in [-0.2, -0.15) is 0 Å². The maximum absolute atomic E-state index is 12.6. The lowest BCUT2D eigenvalue weighted by atomic mass is 10.1. The number of quaternary nitrogens is 1. The van der Waals surface area contributed by atoms with Gasteiger partial charge in [0.05, 0.1) is 27.7 Å². The smallest absolute Gasteiger partial charge is 0.306 e. The lowest BCUT2D eigenvalue weighted by molar-refractivity contribution is -0.870. The van der Waals surface area contributed by atoms with Crippen molar-refractivity contribution in [3.63, 3.8) is 0 Å². The fraction of sp³-hybridized carbons (Fsp3) is 0.864. The van der Waals surface area contributed by atoms with E-state index in [2.05, 4.69) is 32.1 Å². The molecule has 10 heteroatoms. The Morgan fingerprint density at radius 3 is 1.44 bits per heavy atom. The van der Waals surface area contributed by atoms with Crippen molar-refractivity contribution in [1.82, 2.24) is 0 Å². The number of carbonyl (C=O) groups is 2. The Morgan fingerprint density at radius 2 is 0.981 bits per heavy atom. The van der Waals surface area contributed by atoms with Crippen molar-refractivity contribution in [2.75, 3.05) is 47.5 Å². The largest absolute Gasteiger partial charge is 0.756 e. The molecule has 0 aromatic carbocycles. The van der Waals surface area contributed by atoms with E-state index in [0.717, 1.165) is 32.1 Å². The molecule has 54 heavy (non-hydrogen) atoms. The van der Waals surface area contributed by atoms with Crippen LogP contribution >= 0.6 is 7.82 Å². The molecule has 0 aromatic heterocycles. The van der Waals surface area contributed by atoms with Crippen LogP contribution in [0.4, 0.5) is 0 Å². The van der Waals surface area contributed by atoms with Crippen LogP contribution in [-0.2, 0) is 32.7 Å². The highest BCUT2D eigenvalue weighted by Gasteiger charge is 2.21. The quantitative estimate of drug-likeness (QED) is 0.0198. The first kappa shape index (κ1) is 52.5. The first-order chi connectivity index (χ1) is 26.0. The van der Waals surface area contributed by atoms with Crippen molar-refractivity contribution in [3.05, 3.63) is 24.3 Å². The summed E-state index contributed by atoms with van der Waals surface area (Å²) >= 11 is 0. The Balaban J connectivity index is 4.42. The standard InChI is InChI=1S/C44H84NO8P/c1-6-8-10-12-14-16-18-20-22-24-26-28-30-32-34-36-43(46)50-40-42(41-52-54(48,49)51-39-38-45(3,4)5)53-44(47)37-35-33-31-29-27-25-23-21-19-17-15-13-11-9-7-2/h26,28,31,33,42H,6-25,27,29-30,32,34-41H2,1-5H3/b28-26+,33-31+/t42-/m1/s1. The molecule has 1 unspecified atom stereocenters. The summed E-state index contributed by atoms with van der Waals surface area (Å²) in [6.07, 6.45) is 39.3. The minimum absolute atomic E-state index is 0.0380. The average Bonchev–Trinajstić information content (AvgIpc) is 3.12. The van der Waals surface area contributed by atoms with E-state index in [1.165, 1.54) is 122 Å². The van der Waals surface area contributed by atoms with Crippen LogP contribution in [0.15, 0.2) is 24.3 Å². The van der Waals surface area contributed by atoms with E-state index in [0.29, 0.717) is 23.9 Å². The number of phosphoric ester groups is 1. The van der Waals surface area contributed by atoms with Crippen molar-refractivity contribution in [2.45, 2.75) is 200 Å². The lowest BCUT2D eigenvalue weighted by Crippen LogP contribution is -2.37. The van der Waals surface area contributed by atoms with Crippen molar-refractivity contribution < 1.29 is 42.1 Å². The zero-order valence-electron chi connectivity index (χ0n) is 35.7. The minimum atomic E-state index is -4.63. The summed E-state index contributed by atoms with van der Waals surface area (Å²) in [5, 5.41) is 0. The molecular weight excluding hydrogens is 701 g/mol. The highest BCUT2D eigenvalue weighted by atomic mass is 31.2. The Labute approximate surface area is 332 Å². The van der Waals surface area contributed by atoms with Crippen molar-refractivity contribution in [1.29, 1.82) is 0 Å². The Morgan fingerprint density at radius 1 is 0.556 bits per heavy atom. The predicted octanol–water partition coefficient (Wildman–Crippen LogP) is 11.7. The Kier molecular flexibility index (Phi) is 36.1. The summed E-state index contributed by atoms with van der Waals surface area (Å²) in [6.45, 7) is 4.17. The molecule has 9 nitrogen and oxygen atoms in total. The van der Waals surface area contributed by atoms with Crippen LogP contribution in [0.3, 0.4) is 0 Å². The summed E-state index contributed by atoms with van der Waals surface area (Å²) in [4.78, 5) is 37.4. The van der Waals surface area contributed by atoms with Gasteiger partial charge in [-0.3, -0.25) is 14.2 Å². The van der Waals surface area contributed by atoms with Crippen molar-refractivity contribution >= 4 is 19.8 Å². The molecule has 0 rings (SSSR count). The molecule has 0 spiro atoms. The van der Waals surface area contributed by atoms with Crippen molar-refractivity contribution in [3.8, 4) is 0 Å². The normalized spacial score (nSPS) is 13.8. The summed E-state index contributed by atoms with van der Waals surface area (Å²) in [5.41, 5.74) is 0. The molecule has 0 saturated heterocycles. The summed E-state index contributed by atoms with van der Waals surface area (Å²) in [6, 6.07) is 0. The average molecular weight is 786 g/mol. The van der Waals surface area contributed by atoms with E-state index < -0.39 is 32.5 Å². The third-order valence-electron chi connectivity index (χ3n) is 9.46. The maximum Gasteiger partial charge on any atom is 0.306 e. The van der Waals surface area contributed by atoms with Crippen LogP contribution in [-0.4, -0.2) is 70.0 Å². The van der Waals surface area contributed by atoms with Gasteiger partial charge in [-0.05, 0) is 51.4 Å². The van der Waals surface area contributed by atoms with E-state index in [-0.39, 0.29) is 26.1 Å². The third kappa shape index (κ3) is 40.2. The van der Waals surface area contributed by atoms with Gasteiger partial charge in [-0.1, -0.05) is 154 Å². The van der Waals surface area contributed by atoms with Crippen LogP contribution in [0.25, 0.3) is 0 Å². The molecule has 0 radical (unpaired) electrons. The molecule has 0 amide bonds. The maximum atomic E-state index is 12.6. The number of phosphoric acid groups is 1. The fourth-order valence-corrected chi connectivity index (χ4v) is 6.69. The van der Waals surface area contributed by atoms with Crippen LogP contribution < -0.4 is 4.89 Å². The SMILES string of the molecule is CCCCCCCCCCC/C=C/CCCCC(=O)OC[C@H](COP(=O)([O-])OCC[N+](C)(C)C)OC(=O)CC/C=C/CCCCCCCCCCCCC. The number of unbranched alkanes of at least 4 members (excludes halogenated alkanes) is 22. The van der Waals surface area contributed by atoms with Gasteiger partial charge in [-0.15, -0.1) is 0 Å². The molecule has 0 N–H and O–H groups in total. The molecule has 0 aliphatic heterocycles. The topological polar surface area (TPSA) is 111 Å². The minimum Gasteiger partial charge on any atom is -0.756 e. The number of esters is 2. The van der Waals surface area contributed by atoms with Gasteiger partial charge in [0, 0.05) is 12.8 Å². The van der Waals surface area contributed by atoms with Crippen molar-refractivity contribution in [2.24, 2.45) is 0 Å². The van der Waals surface area contributed by atoms with Gasteiger partial charge in [0.15, 0.2) is 6.10 Å². The Hall–Kier alpha value is -1.51. The number of hydrogen-bond acceptors (Lipinski definition) is 8. The van der Waals surface area contributed by atoms with Gasteiger partial charge in [0.2, 0.25) is 0 Å². The number of hydrogen-bond donors (Lipinski definition) is 0. The van der Waals surface area contributed by atoms with E-state index in [9.17, 15) is 19.0 Å². The molecule has 0 fully saturated rings. The monoisotopic (exact) mass is 786 g/mol. The van der Waals surface area contributed by atoms with Crippen LogP contribution in [0.5, 0.6) is 0 Å². The van der Waals surface area contributed by atoms with Crippen LogP contribution in [0.1, 0.15) is 194 Å². The molecule has 2 atom stereocenters. The Bertz CT molecular complexity index is 980. The van der Waals surface area contributed by atoms with E-state index in [4.69, 9.17) is 18.5 Å². The van der Waals surface area contributed by atoms with Gasteiger partial charge in [-0.25, -0.2) is 0 Å². The zero-order chi connectivity index (χ0) is 40.0. The zero-order valence-corrected chi connectivity index (χ0v) is 36.6. The number of carbonyl (C=O) groups excluding carboxylic acids is 2. The van der Waals surface area contributed by atoms with E-state index >= 15 is 0 Å². The van der Waals surface area contributed by atoms with Crippen LogP contribution in [0, 0.1) is 0 Å². The second-order valence-corrected chi connectivity index (χ2v) is 17.5. The lowest BCUT2D eigenvalue weighted by Gasteiger charge is -2.28. The number of likely N-dealkylation sites (N-methyl/N-ethyl adjacent to an activating group) is 1. The summed E-state index contributed by atoms with van der Waals surface area (Å²) in [7, 11) is 1.14. The van der Waals surface area contributed by atoms with Gasteiger partial charge < -0.3 is 27.9 Å². The van der Waals surface area contributed by atoms with Gasteiger partial charge in [0.25, 0.3) is 7.82 Å². The van der Waals surface area contributed by atoms with E-state index in [1.807, 2.05) is 27.2 Å². The molecule has 0 saturated carbocycles. The van der Waals surface area contributed by atoms with Crippen LogP contribution in [0.2, 0.25) is 0 Å². The van der Waals surface area contributed by atoms with Gasteiger partial charge in [0.1, 0.15) is 19.8 Å². The molecule has 0 aliphatic carbocycles. The predicted molar refractivity (Wildman–Crippen MR) is 222 cm³/mol. The molecule has 0 heterocycles. The fourth-order valence-electron chi connectivity index (χ4n) is 5.96. The first-order valence-corrected chi connectivity index (χ1v) is 23.5. The van der Waals surface area contributed by atoms with E-state index in [1.54, 1.807) is 0 Å². The number of nitrogens with zero attached hydrogens (tertiary/aromatic N) is 1. The number of rotatable bonds is 40. The second-order valence-electron chi connectivity index (χ2n) is 16.1. The molecule has 0 aromatic rings. The molecule has 318 valence electrons. The molecule has 0 bridgehead atoms. The summed E-state index contributed by atoms with van der Waals surface area (Å²) in [5.74, 6) is -0.913. The molecular formula is C44H84NO8P. The van der Waals surface area contributed by atoms with Gasteiger partial charge >= 0.3 is 11.9 Å². The third-order valence-corrected chi connectivity index (χ3v) is 10.4. The number of allylic oxidation sites excluding steroid dienone is 4. The number of ether oxygens (including phenoxy) is 2. The molecule has 0 aliphatic rings. The summed E-state index contributed by atoms with van der Waals surface area (Å²) < 4.78 is 33.8.